The van der Waals surface area contributed by atoms with Gasteiger partial charge in [-0.3, -0.25) is 0 Å². The molecule has 2 aromatic rings. The summed E-state index contributed by atoms with van der Waals surface area (Å²) >= 11 is 0. The first-order chi connectivity index (χ1) is 10.9. The number of hydrogen-bond donors (Lipinski definition) is 0. The lowest BCUT2D eigenvalue weighted by molar-refractivity contribution is 0.677. The lowest BCUT2D eigenvalue weighted by Crippen LogP contribution is -2.28. The molecule has 0 nitrogen and oxygen atoms in total. The third-order valence-electron chi connectivity index (χ3n) is 5.15. The summed E-state index contributed by atoms with van der Waals surface area (Å²) in [6, 6.07) is 17.5. The predicted molar refractivity (Wildman–Crippen MR) is 94.0 cm³/mol. The van der Waals surface area contributed by atoms with Gasteiger partial charge in [0.05, 0.1) is 0 Å². The van der Waals surface area contributed by atoms with Gasteiger partial charge in [0.25, 0.3) is 0 Å². The van der Waals surface area contributed by atoms with E-state index >= 15 is 0 Å². The van der Waals surface area contributed by atoms with Gasteiger partial charge in [0, 0.05) is 5.41 Å². The van der Waals surface area contributed by atoms with Crippen LogP contribution in [-0.4, -0.2) is 0 Å². The average Bonchev–Trinajstić information content (AvgIpc) is 2.59. The Labute approximate surface area is 130 Å². The fraction of sp³-hybridized carbons (Fsp3) is 0.0909. The molecule has 1 unspecified atom stereocenters. The van der Waals surface area contributed by atoms with Gasteiger partial charge < -0.3 is 0 Å². The largest absolute Gasteiger partial charge is 0.0830 e. The molecule has 0 fully saturated rings. The van der Waals surface area contributed by atoms with Gasteiger partial charge in [-0.2, -0.15) is 0 Å². The quantitative estimate of drug-likeness (QED) is 0.589. The van der Waals surface area contributed by atoms with Crippen molar-refractivity contribution in [2.24, 2.45) is 5.41 Å². The molecule has 5 rings (SSSR count). The Morgan fingerprint density at radius 1 is 0.773 bits per heavy atom. The number of fused-ring (bicyclic) bond motifs is 4. The minimum atomic E-state index is 0.0114. The normalized spacial score (nSPS) is 23.6. The zero-order valence-electron chi connectivity index (χ0n) is 12.3. The molecule has 3 aliphatic rings. The van der Waals surface area contributed by atoms with E-state index in [0.29, 0.717) is 0 Å². The van der Waals surface area contributed by atoms with Crippen LogP contribution in [0, 0.1) is 5.41 Å². The molecule has 2 aromatic carbocycles. The molecule has 3 aliphatic carbocycles. The van der Waals surface area contributed by atoms with Crippen molar-refractivity contribution in [2.75, 3.05) is 0 Å². The van der Waals surface area contributed by atoms with E-state index in [2.05, 4.69) is 85.0 Å². The second kappa shape index (κ2) is 4.20. The van der Waals surface area contributed by atoms with Gasteiger partial charge in [-0.15, -0.1) is 0 Å². The monoisotopic (exact) mass is 280 g/mol. The summed E-state index contributed by atoms with van der Waals surface area (Å²) in [5.41, 5.74) is 8.30. The SMILES string of the molecule is C1=CCC23C=Cc4ccccc4C2=Cc2ccccc2C3=C1. The second-order valence-electron chi connectivity index (χ2n) is 6.25. The molecule has 1 spiro atoms. The van der Waals surface area contributed by atoms with Crippen LogP contribution in [0.25, 0.3) is 23.3 Å². The number of allylic oxidation sites excluding steroid dienone is 6. The fourth-order valence-electron chi connectivity index (χ4n) is 4.10. The summed E-state index contributed by atoms with van der Waals surface area (Å²) in [4.78, 5) is 0. The minimum absolute atomic E-state index is 0.0114. The van der Waals surface area contributed by atoms with E-state index in [1.807, 2.05) is 0 Å². The maximum Gasteiger partial charge on any atom is 0.0432 e. The third-order valence-corrected chi connectivity index (χ3v) is 5.15. The highest BCUT2D eigenvalue weighted by Crippen LogP contribution is 2.58. The Bertz CT molecular complexity index is 905. The fourth-order valence-corrected chi connectivity index (χ4v) is 4.10. The first-order valence-corrected chi connectivity index (χ1v) is 7.86. The summed E-state index contributed by atoms with van der Waals surface area (Å²) in [6.45, 7) is 0. The highest BCUT2D eigenvalue weighted by molar-refractivity contribution is 6.05. The third kappa shape index (κ3) is 1.42. The van der Waals surface area contributed by atoms with Crippen molar-refractivity contribution >= 4 is 23.3 Å². The Kier molecular flexibility index (Phi) is 2.29. The first kappa shape index (κ1) is 12.0. The van der Waals surface area contributed by atoms with Crippen molar-refractivity contribution in [3.05, 3.63) is 95.1 Å². The highest BCUT2D eigenvalue weighted by Gasteiger charge is 2.42. The van der Waals surface area contributed by atoms with Crippen molar-refractivity contribution in [3.8, 4) is 0 Å². The maximum absolute atomic E-state index is 2.41. The maximum atomic E-state index is 2.41. The van der Waals surface area contributed by atoms with Gasteiger partial charge in [-0.05, 0) is 45.9 Å². The molecule has 0 heteroatoms. The van der Waals surface area contributed by atoms with E-state index in [1.165, 1.54) is 33.4 Å². The van der Waals surface area contributed by atoms with Crippen LogP contribution in [0.3, 0.4) is 0 Å². The molecular weight excluding hydrogens is 264 g/mol. The summed E-state index contributed by atoms with van der Waals surface area (Å²) in [5.74, 6) is 0. The zero-order valence-corrected chi connectivity index (χ0v) is 12.3. The molecule has 0 bridgehead atoms. The van der Waals surface area contributed by atoms with Crippen LogP contribution in [0.2, 0.25) is 0 Å². The van der Waals surface area contributed by atoms with Crippen molar-refractivity contribution < 1.29 is 0 Å². The number of hydrogen-bond acceptors (Lipinski definition) is 0. The topological polar surface area (TPSA) is 0 Å². The lowest BCUT2D eigenvalue weighted by atomic mass is 9.59. The smallest absolute Gasteiger partial charge is 0.0432 e. The Morgan fingerprint density at radius 2 is 1.50 bits per heavy atom. The van der Waals surface area contributed by atoms with Crippen LogP contribution < -0.4 is 0 Å². The molecule has 0 aliphatic heterocycles. The summed E-state index contributed by atoms with van der Waals surface area (Å²) < 4.78 is 0. The van der Waals surface area contributed by atoms with E-state index in [4.69, 9.17) is 0 Å². The molecule has 1 atom stereocenters. The Morgan fingerprint density at radius 3 is 2.36 bits per heavy atom. The molecule has 0 aromatic heterocycles. The van der Waals surface area contributed by atoms with Crippen molar-refractivity contribution in [2.45, 2.75) is 6.42 Å². The highest BCUT2D eigenvalue weighted by atomic mass is 14.4. The Balaban J connectivity index is 1.89. The molecule has 0 saturated carbocycles. The second-order valence-corrected chi connectivity index (χ2v) is 6.25. The van der Waals surface area contributed by atoms with Crippen molar-refractivity contribution in [3.63, 3.8) is 0 Å². The van der Waals surface area contributed by atoms with Crippen LogP contribution in [0.4, 0.5) is 0 Å². The van der Waals surface area contributed by atoms with Crippen LogP contribution in [0.5, 0.6) is 0 Å². The van der Waals surface area contributed by atoms with Gasteiger partial charge >= 0.3 is 0 Å². The van der Waals surface area contributed by atoms with E-state index < -0.39 is 0 Å². The van der Waals surface area contributed by atoms with Gasteiger partial charge in [-0.1, -0.05) is 78.9 Å². The zero-order chi connectivity index (χ0) is 14.6. The van der Waals surface area contributed by atoms with Gasteiger partial charge in [0.15, 0.2) is 0 Å². The van der Waals surface area contributed by atoms with E-state index in [1.54, 1.807) is 0 Å². The molecule has 0 saturated heterocycles. The van der Waals surface area contributed by atoms with Gasteiger partial charge in [0.2, 0.25) is 0 Å². The average molecular weight is 280 g/mol. The molecule has 104 valence electrons. The van der Waals surface area contributed by atoms with Gasteiger partial charge in [-0.25, -0.2) is 0 Å². The van der Waals surface area contributed by atoms with Crippen molar-refractivity contribution in [1.82, 2.24) is 0 Å². The Hall–Kier alpha value is -2.60. The van der Waals surface area contributed by atoms with Crippen molar-refractivity contribution in [1.29, 1.82) is 0 Å². The molecular formula is C22H16. The number of rotatable bonds is 0. The summed E-state index contributed by atoms with van der Waals surface area (Å²) in [6.07, 6.45) is 14.9. The predicted octanol–water partition coefficient (Wildman–Crippen LogP) is 5.60. The number of benzene rings is 2. The van der Waals surface area contributed by atoms with Gasteiger partial charge in [0.1, 0.15) is 0 Å². The summed E-state index contributed by atoms with van der Waals surface area (Å²) in [7, 11) is 0. The first-order valence-electron chi connectivity index (χ1n) is 7.86. The van der Waals surface area contributed by atoms with E-state index in [0.717, 1.165) is 6.42 Å². The standard InChI is InChI=1S/C22H16/c1-3-9-18-16(7-1)12-14-22-13-6-5-11-20(22)19-10-4-2-8-17(19)15-21(18)22/h1-12,14-15H,13H2. The molecule has 0 radical (unpaired) electrons. The molecule has 0 amide bonds. The van der Waals surface area contributed by atoms with Crippen LogP contribution in [0.1, 0.15) is 28.7 Å². The van der Waals surface area contributed by atoms with Crippen LogP contribution in [0.15, 0.2) is 72.8 Å². The molecule has 0 heterocycles. The molecule has 22 heavy (non-hydrogen) atoms. The van der Waals surface area contributed by atoms with Crippen LogP contribution >= 0.6 is 0 Å². The lowest BCUT2D eigenvalue weighted by Gasteiger charge is -2.43. The summed E-state index contributed by atoms with van der Waals surface area (Å²) in [5, 5.41) is 0. The van der Waals surface area contributed by atoms with E-state index in [9.17, 15) is 0 Å². The van der Waals surface area contributed by atoms with Crippen LogP contribution in [-0.2, 0) is 0 Å². The minimum Gasteiger partial charge on any atom is -0.0830 e. The van der Waals surface area contributed by atoms with E-state index in [-0.39, 0.29) is 5.41 Å². The molecule has 0 N–H and O–H groups in total.